The van der Waals surface area contributed by atoms with Crippen molar-refractivity contribution in [3.63, 3.8) is 0 Å². The maximum Gasteiger partial charge on any atom is 0.322 e. The molecule has 1 saturated heterocycles. The quantitative estimate of drug-likeness (QED) is 0.660. The van der Waals surface area contributed by atoms with E-state index in [1.54, 1.807) is 31.2 Å². The first-order chi connectivity index (χ1) is 16.4. The molecule has 2 fully saturated rings. The predicted molar refractivity (Wildman–Crippen MR) is 127 cm³/mol. The van der Waals surface area contributed by atoms with Crippen LogP contribution in [0.2, 0.25) is 0 Å². The zero-order valence-corrected chi connectivity index (χ0v) is 19.5. The number of urea groups is 1. The van der Waals surface area contributed by atoms with Crippen LogP contribution in [0.4, 0.5) is 4.79 Å². The van der Waals surface area contributed by atoms with Gasteiger partial charge in [0.05, 0.1) is 13.7 Å². The number of carbonyl (C=O) groups excluding carboxylic acids is 3. The highest BCUT2D eigenvalue weighted by Gasteiger charge is 2.34. The van der Waals surface area contributed by atoms with Crippen molar-refractivity contribution in [1.82, 2.24) is 15.5 Å². The van der Waals surface area contributed by atoms with Gasteiger partial charge in [0.15, 0.2) is 6.04 Å². The summed E-state index contributed by atoms with van der Waals surface area (Å²) in [5.41, 5.74) is 3.68. The largest absolute Gasteiger partial charge is 0.497 e. The van der Waals surface area contributed by atoms with E-state index < -0.39 is 18.0 Å². The van der Waals surface area contributed by atoms with Crippen LogP contribution in [0.5, 0.6) is 5.75 Å². The molecular weight excluding hydrogens is 436 g/mol. The Bertz CT molecular complexity index is 1180. The fraction of sp³-hybridized carbons (Fsp3) is 0.360. The molecule has 4 aliphatic rings. The molecule has 2 N–H and O–H groups in total. The molecule has 1 aromatic carbocycles. The van der Waals surface area contributed by atoms with E-state index in [0.717, 1.165) is 28.2 Å². The first-order valence-electron chi connectivity index (χ1n) is 11.2. The van der Waals surface area contributed by atoms with Gasteiger partial charge >= 0.3 is 6.03 Å². The third kappa shape index (κ3) is 5.36. The monoisotopic (exact) mass is 464 g/mol. The minimum atomic E-state index is -0.747. The van der Waals surface area contributed by atoms with E-state index in [9.17, 15) is 14.4 Å². The summed E-state index contributed by atoms with van der Waals surface area (Å²) in [6, 6.07) is 6.13. The van der Waals surface area contributed by atoms with E-state index in [1.807, 2.05) is 31.2 Å². The van der Waals surface area contributed by atoms with Crippen LogP contribution in [0, 0.1) is 0 Å². The third-order valence-electron chi connectivity index (χ3n) is 5.55. The number of nitrogens with zero attached hydrogens (tertiary/aromatic N) is 2. The zero-order valence-electron chi connectivity index (χ0n) is 19.5. The molecule has 9 heteroatoms. The Balaban J connectivity index is 0.000000149. The first kappa shape index (κ1) is 23.3. The second-order valence-corrected chi connectivity index (χ2v) is 8.47. The maximum atomic E-state index is 11.5. The number of fused-ring (bicyclic) bond motifs is 2. The molecule has 178 valence electrons. The van der Waals surface area contributed by atoms with Crippen molar-refractivity contribution in [3.05, 3.63) is 58.6 Å². The van der Waals surface area contributed by atoms with Gasteiger partial charge in [-0.3, -0.25) is 19.9 Å². The van der Waals surface area contributed by atoms with Gasteiger partial charge in [-0.15, -0.1) is 0 Å². The van der Waals surface area contributed by atoms with Crippen molar-refractivity contribution in [2.75, 3.05) is 14.2 Å². The Morgan fingerprint density at radius 3 is 2.50 bits per heavy atom. The molecule has 2 aromatic rings. The second-order valence-electron chi connectivity index (χ2n) is 8.47. The molecule has 3 aliphatic heterocycles. The topological polar surface area (TPSA) is 113 Å². The SMILES string of the molecule is C1CC1.CC1=NCc2cc(C3NC(=O)NC3=O)oc2C=C1.COc1ccc2c(c1)C(=O)N(C)C2. The molecule has 9 nitrogen and oxygen atoms in total. The van der Waals surface area contributed by atoms with Crippen LogP contribution in [-0.2, 0) is 17.9 Å². The van der Waals surface area contributed by atoms with Gasteiger partial charge < -0.3 is 19.4 Å². The summed E-state index contributed by atoms with van der Waals surface area (Å²) in [5, 5.41) is 4.67. The number of hydrogen-bond donors (Lipinski definition) is 2. The summed E-state index contributed by atoms with van der Waals surface area (Å²) in [7, 11) is 3.40. The molecule has 6 rings (SSSR count). The number of imide groups is 1. The number of allylic oxidation sites excluding steroid dienone is 1. The third-order valence-corrected chi connectivity index (χ3v) is 5.55. The van der Waals surface area contributed by atoms with Gasteiger partial charge in [-0.25, -0.2) is 4.79 Å². The molecule has 1 aromatic heterocycles. The number of benzene rings is 1. The number of nitrogens with one attached hydrogen (secondary N) is 2. The highest BCUT2D eigenvalue weighted by molar-refractivity contribution is 6.04. The maximum absolute atomic E-state index is 11.5. The van der Waals surface area contributed by atoms with Crippen LogP contribution in [-0.4, -0.2) is 42.6 Å². The highest BCUT2D eigenvalue weighted by Crippen LogP contribution is 2.27. The Kier molecular flexibility index (Phi) is 6.81. The van der Waals surface area contributed by atoms with Gasteiger partial charge in [0.2, 0.25) is 0 Å². The lowest BCUT2D eigenvalue weighted by atomic mass is 10.1. The smallest absolute Gasteiger partial charge is 0.322 e. The average molecular weight is 465 g/mol. The molecule has 0 radical (unpaired) electrons. The van der Waals surface area contributed by atoms with Crippen molar-refractivity contribution < 1.29 is 23.5 Å². The number of aliphatic imine (C=N–C) groups is 1. The van der Waals surface area contributed by atoms with Crippen LogP contribution >= 0.6 is 0 Å². The van der Waals surface area contributed by atoms with Gasteiger partial charge in [0.1, 0.15) is 17.3 Å². The molecule has 1 atom stereocenters. The Morgan fingerprint density at radius 1 is 1.09 bits per heavy atom. The van der Waals surface area contributed by atoms with Crippen molar-refractivity contribution >= 4 is 29.6 Å². The highest BCUT2D eigenvalue weighted by atomic mass is 16.5. The molecule has 1 unspecified atom stereocenters. The summed E-state index contributed by atoms with van der Waals surface area (Å²) in [4.78, 5) is 40.1. The lowest BCUT2D eigenvalue weighted by molar-refractivity contribution is -0.120. The Hall–Kier alpha value is -3.88. The van der Waals surface area contributed by atoms with E-state index in [1.165, 1.54) is 19.3 Å². The molecule has 0 bridgehead atoms. The zero-order chi connectivity index (χ0) is 24.2. The molecule has 34 heavy (non-hydrogen) atoms. The molecular formula is C25H28N4O5. The van der Waals surface area contributed by atoms with E-state index in [4.69, 9.17) is 9.15 Å². The van der Waals surface area contributed by atoms with E-state index >= 15 is 0 Å². The average Bonchev–Trinajstić information content (AvgIpc) is 3.57. The number of rotatable bonds is 2. The van der Waals surface area contributed by atoms with Gasteiger partial charge in [-0.2, -0.15) is 0 Å². The van der Waals surface area contributed by atoms with Crippen LogP contribution in [0.3, 0.4) is 0 Å². The fourth-order valence-corrected chi connectivity index (χ4v) is 3.50. The van der Waals surface area contributed by atoms with Crippen LogP contribution in [0.1, 0.15) is 65.2 Å². The first-order valence-corrected chi connectivity index (χ1v) is 11.2. The summed E-state index contributed by atoms with van der Waals surface area (Å²) < 4.78 is 10.7. The summed E-state index contributed by atoms with van der Waals surface area (Å²) in [6.45, 7) is 3.13. The van der Waals surface area contributed by atoms with E-state index in [-0.39, 0.29) is 5.91 Å². The number of ether oxygens (including phenoxy) is 1. The standard InChI is InChI=1S/C12H11N3O3.C10H11NO2.C3H6/c1-6-2-3-8-7(5-13-6)4-9(18-8)10-11(16)15-12(17)14-10;1-11-6-7-3-4-8(13-2)5-9(7)10(11)12;1-2-3-1/h2-4,10H,5H2,1H3,(H2,14,15,16,17);3-5H,6H2,1-2H3;1-3H2. The summed E-state index contributed by atoms with van der Waals surface area (Å²) in [5.74, 6) is 1.53. The van der Waals surface area contributed by atoms with Crippen LogP contribution in [0.25, 0.3) is 6.08 Å². The second kappa shape index (κ2) is 9.94. The van der Waals surface area contributed by atoms with Crippen molar-refractivity contribution in [3.8, 4) is 5.75 Å². The van der Waals surface area contributed by atoms with E-state index in [2.05, 4.69) is 15.6 Å². The lowest BCUT2D eigenvalue weighted by Crippen LogP contribution is -2.22. The summed E-state index contributed by atoms with van der Waals surface area (Å²) in [6.07, 6.45) is 8.17. The molecule has 4 heterocycles. The minimum Gasteiger partial charge on any atom is -0.497 e. The Morgan fingerprint density at radius 2 is 1.85 bits per heavy atom. The van der Waals surface area contributed by atoms with Crippen LogP contribution < -0.4 is 15.4 Å². The predicted octanol–water partition coefficient (Wildman–Crippen LogP) is 3.60. The van der Waals surface area contributed by atoms with Gasteiger partial charge in [0.25, 0.3) is 11.8 Å². The number of hydrogen-bond acceptors (Lipinski definition) is 6. The molecule has 0 spiro atoms. The molecule has 1 saturated carbocycles. The number of amides is 4. The lowest BCUT2D eigenvalue weighted by Gasteiger charge is -2.04. The van der Waals surface area contributed by atoms with Crippen molar-refractivity contribution in [2.24, 2.45) is 4.99 Å². The number of methoxy groups -OCH3 is 1. The van der Waals surface area contributed by atoms with E-state index in [0.29, 0.717) is 24.6 Å². The van der Waals surface area contributed by atoms with Crippen molar-refractivity contribution in [1.29, 1.82) is 0 Å². The van der Waals surface area contributed by atoms with Gasteiger partial charge in [0, 0.05) is 30.4 Å². The minimum absolute atomic E-state index is 0.0777. The van der Waals surface area contributed by atoms with Gasteiger partial charge in [-0.05, 0) is 42.8 Å². The summed E-state index contributed by atoms with van der Waals surface area (Å²) >= 11 is 0. The molecule has 4 amide bonds. The van der Waals surface area contributed by atoms with Crippen LogP contribution in [0.15, 0.2) is 39.8 Å². The molecule has 1 aliphatic carbocycles. The van der Waals surface area contributed by atoms with Crippen molar-refractivity contribution in [2.45, 2.75) is 45.3 Å². The number of furan rings is 1. The Labute approximate surface area is 197 Å². The normalized spacial score (nSPS) is 19.4. The number of carbonyl (C=O) groups is 3. The van der Waals surface area contributed by atoms with Gasteiger partial charge in [-0.1, -0.05) is 25.3 Å². The fourth-order valence-electron chi connectivity index (χ4n) is 3.50.